The highest BCUT2D eigenvalue weighted by atomic mass is 16.1. The molecule has 2 heterocycles. The van der Waals surface area contributed by atoms with Crippen LogP contribution in [0.25, 0.3) is 0 Å². The molecule has 1 saturated carbocycles. The fourth-order valence-electron chi connectivity index (χ4n) is 3.94. The summed E-state index contributed by atoms with van der Waals surface area (Å²) in [7, 11) is 0. The van der Waals surface area contributed by atoms with E-state index >= 15 is 0 Å². The van der Waals surface area contributed by atoms with Gasteiger partial charge in [-0.05, 0) is 31.6 Å². The number of carbonyl (C=O) groups excluding carboxylic acids is 1. The molecule has 3 atom stereocenters. The maximum absolute atomic E-state index is 12.1. The molecule has 3 unspecified atom stereocenters. The predicted octanol–water partition coefficient (Wildman–Crippen LogP) is 1.82. The van der Waals surface area contributed by atoms with E-state index in [4.69, 9.17) is 0 Å². The predicted molar refractivity (Wildman–Crippen MR) is 67.6 cm³/mol. The molecule has 3 aliphatic rings. The topological polar surface area (TPSA) is 41.1 Å². The van der Waals surface area contributed by atoms with Gasteiger partial charge >= 0.3 is 0 Å². The zero-order chi connectivity index (χ0) is 11.7. The lowest BCUT2D eigenvalue weighted by Crippen LogP contribution is -2.38. The summed E-state index contributed by atoms with van der Waals surface area (Å²) in [6.45, 7) is 0.900. The summed E-state index contributed by atoms with van der Waals surface area (Å²) in [4.78, 5) is 12.1. The highest BCUT2D eigenvalue weighted by Gasteiger charge is 2.42. The minimum Gasteiger partial charge on any atom is -0.356 e. The van der Waals surface area contributed by atoms with Crippen LogP contribution in [-0.4, -0.2) is 24.5 Å². The van der Waals surface area contributed by atoms with E-state index in [1.165, 1.54) is 44.9 Å². The number of hydrogen-bond donors (Lipinski definition) is 2. The van der Waals surface area contributed by atoms with E-state index < -0.39 is 0 Å². The van der Waals surface area contributed by atoms with Gasteiger partial charge in [-0.1, -0.05) is 25.7 Å². The molecule has 0 aromatic heterocycles. The average molecular weight is 236 g/mol. The molecule has 0 spiro atoms. The highest BCUT2D eigenvalue weighted by Crippen LogP contribution is 2.33. The molecule has 2 saturated heterocycles. The van der Waals surface area contributed by atoms with E-state index in [0.29, 0.717) is 18.0 Å². The third-order valence-electron chi connectivity index (χ3n) is 4.96. The smallest absolute Gasteiger partial charge is 0.224 e. The zero-order valence-electron chi connectivity index (χ0n) is 10.6. The first-order chi connectivity index (χ1) is 8.33. The van der Waals surface area contributed by atoms with Gasteiger partial charge in [0.1, 0.15) is 0 Å². The summed E-state index contributed by atoms with van der Waals surface area (Å²) in [6.07, 6.45) is 10.3. The Bertz CT molecular complexity index is 286. The Kier molecular flexibility index (Phi) is 3.37. The van der Waals surface area contributed by atoms with E-state index in [0.717, 1.165) is 18.9 Å². The van der Waals surface area contributed by atoms with Crippen molar-refractivity contribution in [3.63, 3.8) is 0 Å². The minimum absolute atomic E-state index is 0.261. The van der Waals surface area contributed by atoms with Gasteiger partial charge in [0.2, 0.25) is 5.91 Å². The van der Waals surface area contributed by atoms with Crippen molar-refractivity contribution in [2.24, 2.45) is 11.8 Å². The summed E-state index contributed by atoms with van der Waals surface area (Å²) >= 11 is 0. The van der Waals surface area contributed by atoms with Gasteiger partial charge in [0, 0.05) is 18.6 Å². The van der Waals surface area contributed by atoms with Crippen LogP contribution < -0.4 is 10.6 Å². The first-order valence-electron chi connectivity index (χ1n) is 7.36. The van der Waals surface area contributed by atoms with Crippen molar-refractivity contribution in [2.45, 2.75) is 63.5 Å². The van der Waals surface area contributed by atoms with E-state index in [2.05, 4.69) is 10.6 Å². The highest BCUT2D eigenvalue weighted by molar-refractivity contribution is 5.80. The lowest BCUT2D eigenvalue weighted by Gasteiger charge is -2.19. The van der Waals surface area contributed by atoms with Crippen molar-refractivity contribution in [3.05, 3.63) is 0 Å². The summed E-state index contributed by atoms with van der Waals surface area (Å²) in [5, 5.41) is 6.69. The van der Waals surface area contributed by atoms with E-state index in [9.17, 15) is 4.79 Å². The third kappa shape index (κ3) is 2.49. The van der Waals surface area contributed by atoms with Crippen LogP contribution in [0.1, 0.15) is 51.4 Å². The number of nitrogens with one attached hydrogen (secondary N) is 2. The summed E-state index contributed by atoms with van der Waals surface area (Å²) < 4.78 is 0. The van der Waals surface area contributed by atoms with Gasteiger partial charge in [-0.3, -0.25) is 4.79 Å². The number of amides is 1. The molecular weight excluding hydrogens is 212 g/mol. The first kappa shape index (κ1) is 11.5. The monoisotopic (exact) mass is 236 g/mol. The molecule has 1 amide bonds. The van der Waals surface area contributed by atoms with Gasteiger partial charge in [-0.25, -0.2) is 0 Å². The van der Waals surface area contributed by atoms with Crippen LogP contribution in [0.3, 0.4) is 0 Å². The second-order valence-electron chi connectivity index (χ2n) is 6.12. The Morgan fingerprint density at radius 2 is 2.00 bits per heavy atom. The standard InChI is InChI=1S/C14H24N2O/c17-14(12-9-11-5-6-13(12)16-11)15-8-7-10-3-1-2-4-10/h10-13,16H,1-9H2,(H,15,17). The van der Waals surface area contributed by atoms with Crippen LogP contribution in [0, 0.1) is 11.8 Å². The Morgan fingerprint density at radius 1 is 1.18 bits per heavy atom. The minimum atomic E-state index is 0.261. The molecule has 0 radical (unpaired) electrons. The SMILES string of the molecule is O=C(NCCC1CCCC1)C1CC2CCC1N2. The molecule has 3 fully saturated rings. The number of hydrogen-bond acceptors (Lipinski definition) is 2. The van der Waals surface area contributed by atoms with Crippen molar-refractivity contribution >= 4 is 5.91 Å². The molecule has 2 N–H and O–H groups in total. The normalized spacial score (nSPS) is 36.6. The van der Waals surface area contributed by atoms with E-state index in [-0.39, 0.29) is 5.92 Å². The first-order valence-corrected chi connectivity index (χ1v) is 7.36. The number of rotatable bonds is 4. The lowest BCUT2D eigenvalue weighted by molar-refractivity contribution is -0.125. The Balaban J connectivity index is 1.38. The van der Waals surface area contributed by atoms with Crippen molar-refractivity contribution in [2.75, 3.05) is 6.54 Å². The van der Waals surface area contributed by atoms with Crippen LogP contribution >= 0.6 is 0 Å². The van der Waals surface area contributed by atoms with E-state index in [1.54, 1.807) is 0 Å². The van der Waals surface area contributed by atoms with Gasteiger partial charge in [0.25, 0.3) is 0 Å². The second-order valence-corrected chi connectivity index (χ2v) is 6.12. The maximum atomic E-state index is 12.1. The largest absolute Gasteiger partial charge is 0.356 e. The Morgan fingerprint density at radius 3 is 2.65 bits per heavy atom. The zero-order valence-corrected chi connectivity index (χ0v) is 10.6. The fourth-order valence-corrected chi connectivity index (χ4v) is 3.94. The Labute approximate surface area is 104 Å². The molecule has 17 heavy (non-hydrogen) atoms. The van der Waals surface area contributed by atoms with Crippen LogP contribution in [0.5, 0.6) is 0 Å². The van der Waals surface area contributed by atoms with Crippen molar-refractivity contribution in [1.82, 2.24) is 10.6 Å². The molecule has 3 heteroatoms. The number of carbonyl (C=O) groups is 1. The van der Waals surface area contributed by atoms with Crippen LogP contribution in [0.4, 0.5) is 0 Å². The molecule has 96 valence electrons. The molecular formula is C14H24N2O. The molecule has 2 aliphatic heterocycles. The van der Waals surface area contributed by atoms with Crippen molar-refractivity contribution in [3.8, 4) is 0 Å². The molecule has 2 bridgehead atoms. The van der Waals surface area contributed by atoms with E-state index in [1.807, 2.05) is 0 Å². The molecule has 3 rings (SSSR count). The summed E-state index contributed by atoms with van der Waals surface area (Å²) in [5.74, 6) is 1.45. The van der Waals surface area contributed by atoms with Crippen LogP contribution in [0.15, 0.2) is 0 Å². The van der Waals surface area contributed by atoms with Crippen LogP contribution in [-0.2, 0) is 4.79 Å². The second kappa shape index (κ2) is 4.97. The maximum Gasteiger partial charge on any atom is 0.224 e. The van der Waals surface area contributed by atoms with Gasteiger partial charge in [0.15, 0.2) is 0 Å². The fraction of sp³-hybridized carbons (Fsp3) is 0.929. The van der Waals surface area contributed by atoms with Gasteiger partial charge in [-0.15, -0.1) is 0 Å². The van der Waals surface area contributed by atoms with Gasteiger partial charge < -0.3 is 10.6 Å². The average Bonchev–Trinajstić information content (AvgIpc) is 3.05. The van der Waals surface area contributed by atoms with Gasteiger partial charge in [0.05, 0.1) is 5.92 Å². The van der Waals surface area contributed by atoms with Crippen LogP contribution in [0.2, 0.25) is 0 Å². The quantitative estimate of drug-likeness (QED) is 0.782. The lowest BCUT2D eigenvalue weighted by atomic mass is 9.88. The molecule has 0 aromatic rings. The number of fused-ring (bicyclic) bond motifs is 2. The molecule has 3 nitrogen and oxygen atoms in total. The summed E-state index contributed by atoms with van der Waals surface area (Å²) in [5.41, 5.74) is 0. The molecule has 1 aliphatic carbocycles. The third-order valence-corrected chi connectivity index (χ3v) is 4.96. The molecule has 0 aromatic carbocycles. The summed E-state index contributed by atoms with van der Waals surface area (Å²) in [6, 6.07) is 1.11. The van der Waals surface area contributed by atoms with Crippen molar-refractivity contribution in [1.29, 1.82) is 0 Å². The van der Waals surface area contributed by atoms with Crippen molar-refractivity contribution < 1.29 is 4.79 Å². The Hall–Kier alpha value is -0.570. The van der Waals surface area contributed by atoms with Gasteiger partial charge in [-0.2, -0.15) is 0 Å².